The van der Waals surface area contributed by atoms with Gasteiger partial charge in [0.2, 0.25) is 0 Å². The van der Waals surface area contributed by atoms with Gasteiger partial charge in [-0.2, -0.15) is 0 Å². The predicted octanol–water partition coefficient (Wildman–Crippen LogP) is 1.81. The Morgan fingerprint density at radius 1 is 1.44 bits per heavy atom. The summed E-state index contributed by atoms with van der Waals surface area (Å²) in [7, 11) is 0. The molecule has 2 unspecified atom stereocenters. The molecule has 0 aromatic heterocycles. The molecule has 0 radical (unpaired) electrons. The van der Waals surface area contributed by atoms with Crippen LogP contribution in [0.25, 0.3) is 0 Å². The van der Waals surface area contributed by atoms with Gasteiger partial charge in [0, 0.05) is 25.7 Å². The molecule has 0 saturated carbocycles. The van der Waals surface area contributed by atoms with Gasteiger partial charge in [-0.15, -0.1) is 0 Å². The Bertz CT molecular complexity index is 256. The standard InChI is InChI=1S/C14H28N2O2/c1-11(2)4-6-15-13-8-12(3)9-16(10-13)7-5-14(17)18/h11-13,15H,4-10H2,1-3H3,(H,17,18). The zero-order chi connectivity index (χ0) is 13.5. The molecule has 0 aromatic rings. The highest BCUT2D eigenvalue weighted by molar-refractivity contribution is 5.66. The van der Waals surface area contributed by atoms with Gasteiger partial charge in [-0.1, -0.05) is 20.8 Å². The minimum absolute atomic E-state index is 0.255. The molecule has 0 aliphatic carbocycles. The van der Waals surface area contributed by atoms with E-state index in [0.717, 1.165) is 25.6 Å². The quantitative estimate of drug-likeness (QED) is 0.729. The Balaban J connectivity index is 2.28. The number of nitrogens with zero attached hydrogens (tertiary/aromatic N) is 1. The minimum Gasteiger partial charge on any atom is -0.481 e. The van der Waals surface area contributed by atoms with Gasteiger partial charge in [-0.25, -0.2) is 0 Å². The first-order chi connectivity index (χ1) is 8.47. The van der Waals surface area contributed by atoms with Gasteiger partial charge in [-0.05, 0) is 31.2 Å². The monoisotopic (exact) mass is 256 g/mol. The van der Waals surface area contributed by atoms with Crippen LogP contribution in [0.1, 0.15) is 40.0 Å². The summed E-state index contributed by atoms with van der Waals surface area (Å²) in [4.78, 5) is 12.9. The fraction of sp³-hybridized carbons (Fsp3) is 0.929. The Morgan fingerprint density at radius 2 is 2.17 bits per heavy atom. The molecule has 106 valence electrons. The van der Waals surface area contributed by atoms with Crippen LogP contribution < -0.4 is 5.32 Å². The van der Waals surface area contributed by atoms with E-state index in [1.807, 2.05) is 0 Å². The lowest BCUT2D eigenvalue weighted by Gasteiger charge is -2.36. The van der Waals surface area contributed by atoms with Crippen molar-refractivity contribution in [1.29, 1.82) is 0 Å². The topological polar surface area (TPSA) is 52.6 Å². The van der Waals surface area contributed by atoms with Crippen molar-refractivity contribution in [2.75, 3.05) is 26.2 Å². The Kier molecular flexibility index (Phi) is 6.65. The van der Waals surface area contributed by atoms with E-state index in [2.05, 4.69) is 31.0 Å². The Hall–Kier alpha value is -0.610. The predicted molar refractivity (Wildman–Crippen MR) is 73.7 cm³/mol. The van der Waals surface area contributed by atoms with Gasteiger partial charge in [0.15, 0.2) is 0 Å². The number of carboxylic acids is 1. The number of hydrogen-bond acceptors (Lipinski definition) is 3. The first kappa shape index (κ1) is 15.4. The van der Waals surface area contributed by atoms with Crippen molar-refractivity contribution in [2.24, 2.45) is 11.8 Å². The number of piperidine rings is 1. The van der Waals surface area contributed by atoms with Crippen LogP contribution in [0.5, 0.6) is 0 Å². The third-order valence-corrected chi connectivity index (χ3v) is 3.53. The maximum Gasteiger partial charge on any atom is 0.304 e. The molecule has 1 heterocycles. The number of aliphatic carboxylic acids is 1. The number of rotatable bonds is 7. The molecule has 1 rings (SSSR count). The summed E-state index contributed by atoms with van der Waals surface area (Å²) in [5.74, 6) is 0.697. The highest BCUT2D eigenvalue weighted by atomic mass is 16.4. The summed E-state index contributed by atoms with van der Waals surface area (Å²) < 4.78 is 0. The molecule has 2 atom stereocenters. The summed E-state index contributed by atoms with van der Waals surface area (Å²) in [5.41, 5.74) is 0. The van der Waals surface area contributed by atoms with Gasteiger partial charge < -0.3 is 15.3 Å². The number of nitrogens with one attached hydrogen (secondary N) is 1. The molecular formula is C14H28N2O2. The lowest BCUT2D eigenvalue weighted by molar-refractivity contribution is -0.137. The molecule has 0 bridgehead atoms. The van der Waals surface area contributed by atoms with Crippen molar-refractivity contribution in [2.45, 2.75) is 46.1 Å². The summed E-state index contributed by atoms with van der Waals surface area (Å²) >= 11 is 0. The fourth-order valence-electron chi connectivity index (χ4n) is 2.62. The van der Waals surface area contributed by atoms with E-state index in [1.165, 1.54) is 12.8 Å². The zero-order valence-electron chi connectivity index (χ0n) is 12.0. The van der Waals surface area contributed by atoms with Crippen LogP contribution in [-0.2, 0) is 4.79 Å². The van der Waals surface area contributed by atoms with Crippen molar-refractivity contribution in [3.63, 3.8) is 0 Å². The molecule has 0 spiro atoms. The molecule has 0 amide bonds. The van der Waals surface area contributed by atoms with Crippen molar-refractivity contribution in [3.8, 4) is 0 Å². The van der Waals surface area contributed by atoms with Gasteiger partial charge in [-0.3, -0.25) is 4.79 Å². The highest BCUT2D eigenvalue weighted by Gasteiger charge is 2.24. The number of carboxylic acid groups (broad SMARTS) is 1. The van der Waals surface area contributed by atoms with Crippen LogP contribution in [0.2, 0.25) is 0 Å². The first-order valence-electron chi connectivity index (χ1n) is 7.15. The molecule has 4 heteroatoms. The fourth-order valence-corrected chi connectivity index (χ4v) is 2.62. The first-order valence-corrected chi connectivity index (χ1v) is 7.15. The normalized spacial score (nSPS) is 25.6. The van der Waals surface area contributed by atoms with Crippen LogP contribution >= 0.6 is 0 Å². The third kappa shape index (κ3) is 6.36. The molecule has 0 aromatic carbocycles. The molecule has 18 heavy (non-hydrogen) atoms. The second-order valence-corrected chi connectivity index (χ2v) is 6.08. The van der Waals surface area contributed by atoms with E-state index in [4.69, 9.17) is 5.11 Å². The van der Waals surface area contributed by atoms with E-state index < -0.39 is 5.97 Å². The number of hydrogen-bond donors (Lipinski definition) is 2. The van der Waals surface area contributed by atoms with Crippen LogP contribution in [0.15, 0.2) is 0 Å². The minimum atomic E-state index is -0.697. The molecule has 1 fully saturated rings. The summed E-state index contributed by atoms with van der Waals surface area (Å²) in [6, 6.07) is 0.529. The smallest absolute Gasteiger partial charge is 0.304 e. The SMILES string of the molecule is CC(C)CCNC1CC(C)CN(CCC(=O)O)C1. The van der Waals surface area contributed by atoms with Crippen LogP contribution in [-0.4, -0.2) is 48.2 Å². The van der Waals surface area contributed by atoms with E-state index in [1.54, 1.807) is 0 Å². The molecular weight excluding hydrogens is 228 g/mol. The lowest BCUT2D eigenvalue weighted by atomic mass is 9.95. The molecule has 4 nitrogen and oxygen atoms in total. The maximum absolute atomic E-state index is 10.6. The van der Waals surface area contributed by atoms with Crippen LogP contribution in [0.4, 0.5) is 0 Å². The van der Waals surface area contributed by atoms with Crippen molar-refractivity contribution in [3.05, 3.63) is 0 Å². The van der Waals surface area contributed by atoms with Crippen molar-refractivity contribution in [1.82, 2.24) is 10.2 Å². The van der Waals surface area contributed by atoms with E-state index >= 15 is 0 Å². The second-order valence-electron chi connectivity index (χ2n) is 6.08. The van der Waals surface area contributed by atoms with E-state index in [0.29, 0.717) is 18.5 Å². The van der Waals surface area contributed by atoms with Gasteiger partial charge in [0.1, 0.15) is 0 Å². The maximum atomic E-state index is 10.6. The molecule has 2 N–H and O–H groups in total. The zero-order valence-corrected chi connectivity index (χ0v) is 12.0. The number of likely N-dealkylation sites (tertiary alicyclic amines) is 1. The molecule has 1 saturated heterocycles. The number of carbonyl (C=O) groups is 1. The van der Waals surface area contributed by atoms with Crippen LogP contribution in [0.3, 0.4) is 0 Å². The van der Waals surface area contributed by atoms with Crippen molar-refractivity contribution < 1.29 is 9.90 Å². The summed E-state index contributed by atoms with van der Waals surface area (Å²) in [6.07, 6.45) is 2.67. The highest BCUT2D eigenvalue weighted by Crippen LogP contribution is 2.16. The third-order valence-electron chi connectivity index (χ3n) is 3.53. The van der Waals surface area contributed by atoms with E-state index in [9.17, 15) is 4.79 Å². The van der Waals surface area contributed by atoms with Gasteiger partial charge in [0.05, 0.1) is 6.42 Å². The Labute approximate surface area is 111 Å². The van der Waals surface area contributed by atoms with Gasteiger partial charge >= 0.3 is 5.97 Å². The average Bonchev–Trinajstić information content (AvgIpc) is 2.25. The second kappa shape index (κ2) is 7.74. The van der Waals surface area contributed by atoms with E-state index in [-0.39, 0.29) is 6.42 Å². The average molecular weight is 256 g/mol. The molecule has 1 aliphatic rings. The summed E-state index contributed by atoms with van der Waals surface area (Å²) in [6.45, 7) is 10.5. The van der Waals surface area contributed by atoms with Crippen LogP contribution in [0, 0.1) is 11.8 Å². The lowest BCUT2D eigenvalue weighted by Crippen LogP contribution is -2.49. The Morgan fingerprint density at radius 3 is 2.78 bits per heavy atom. The summed E-state index contributed by atoms with van der Waals surface area (Å²) in [5, 5.41) is 12.3. The molecule has 1 aliphatic heterocycles. The largest absolute Gasteiger partial charge is 0.481 e. The van der Waals surface area contributed by atoms with Gasteiger partial charge in [0.25, 0.3) is 0 Å². The van der Waals surface area contributed by atoms with Crippen molar-refractivity contribution >= 4 is 5.97 Å².